The van der Waals surface area contributed by atoms with Gasteiger partial charge in [-0.1, -0.05) is 33.2 Å². The molecule has 1 aliphatic carbocycles. The Bertz CT molecular complexity index is 410. The fourth-order valence-corrected chi connectivity index (χ4v) is 1.89. The van der Waals surface area contributed by atoms with Crippen LogP contribution in [0.3, 0.4) is 0 Å². The van der Waals surface area contributed by atoms with E-state index in [1.54, 1.807) is 7.11 Å². The van der Waals surface area contributed by atoms with Crippen molar-refractivity contribution in [1.29, 1.82) is 0 Å². The van der Waals surface area contributed by atoms with E-state index in [2.05, 4.69) is 39.3 Å². The van der Waals surface area contributed by atoms with E-state index in [1.165, 1.54) is 5.56 Å². The van der Waals surface area contributed by atoms with Crippen molar-refractivity contribution < 1.29 is 4.84 Å². The summed E-state index contributed by atoms with van der Waals surface area (Å²) >= 11 is 3.45. The Morgan fingerprint density at radius 1 is 1.43 bits per heavy atom. The maximum atomic E-state index is 4.80. The number of hydrogen-bond acceptors (Lipinski definition) is 2. The zero-order valence-corrected chi connectivity index (χ0v) is 9.41. The maximum absolute atomic E-state index is 4.80. The summed E-state index contributed by atoms with van der Waals surface area (Å²) in [7, 11) is 1.56. The van der Waals surface area contributed by atoms with Crippen molar-refractivity contribution in [3.8, 4) is 0 Å². The summed E-state index contributed by atoms with van der Waals surface area (Å²) < 4.78 is 1.07. The quantitative estimate of drug-likeness (QED) is 0.704. The highest BCUT2D eigenvalue weighted by molar-refractivity contribution is 9.10. The summed E-state index contributed by atoms with van der Waals surface area (Å²) in [5, 5.41) is 3.98. The fraction of sp³-hybridized carbons (Fsp3) is 0.182. The van der Waals surface area contributed by atoms with Crippen LogP contribution in [0.25, 0.3) is 0 Å². The molecule has 0 saturated carbocycles. The Hall–Kier alpha value is -1.09. The molecule has 14 heavy (non-hydrogen) atoms. The number of oxime groups is 1. The van der Waals surface area contributed by atoms with Gasteiger partial charge < -0.3 is 4.84 Å². The number of nitrogens with zero attached hydrogens (tertiary/aromatic N) is 1. The fourth-order valence-electron chi connectivity index (χ4n) is 1.53. The average Bonchev–Trinajstić information content (AvgIpc) is 2.19. The second-order valence-corrected chi connectivity index (χ2v) is 3.98. The van der Waals surface area contributed by atoms with Gasteiger partial charge in [0.05, 0.1) is 0 Å². The van der Waals surface area contributed by atoms with Crippen LogP contribution in [0.2, 0.25) is 0 Å². The molecule has 2 nitrogen and oxygen atoms in total. The average molecular weight is 252 g/mol. The summed E-state index contributed by atoms with van der Waals surface area (Å²) in [6, 6.07) is 6.22. The lowest BCUT2D eigenvalue weighted by Crippen LogP contribution is -2.07. The third-order valence-corrected chi connectivity index (χ3v) is 2.64. The molecule has 0 heterocycles. The lowest BCUT2D eigenvalue weighted by molar-refractivity contribution is 0.214. The molecule has 0 unspecified atom stereocenters. The molecule has 0 atom stereocenters. The van der Waals surface area contributed by atoms with E-state index in [0.717, 1.165) is 22.2 Å². The van der Waals surface area contributed by atoms with Crippen molar-refractivity contribution in [3.63, 3.8) is 0 Å². The monoisotopic (exact) mass is 251 g/mol. The Kier molecular flexibility index (Phi) is 2.68. The van der Waals surface area contributed by atoms with Crippen LogP contribution < -0.4 is 0 Å². The molecule has 0 aliphatic heterocycles. The number of benzene rings is 1. The van der Waals surface area contributed by atoms with Crippen LogP contribution in [0.5, 0.6) is 0 Å². The third kappa shape index (κ3) is 1.73. The van der Waals surface area contributed by atoms with Crippen LogP contribution in [-0.2, 0) is 11.3 Å². The molecule has 1 aliphatic rings. The van der Waals surface area contributed by atoms with E-state index in [0.29, 0.717) is 0 Å². The van der Waals surface area contributed by atoms with Crippen molar-refractivity contribution in [1.82, 2.24) is 0 Å². The molecule has 0 radical (unpaired) electrons. The number of fused-ring (bicyclic) bond motifs is 1. The maximum Gasteiger partial charge on any atom is 0.110 e. The number of halogens is 1. The topological polar surface area (TPSA) is 21.6 Å². The Balaban J connectivity index is 2.52. The van der Waals surface area contributed by atoms with Crippen LogP contribution in [0, 0.1) is 0 Å². The van der Waals surface area contributed by atoms with E-state index in [4.69, 9.17) is 4.84 Å². The lowest BCUT2D eigenvalue weighted by Gasteiger charge is -2.12. The van der Waals surface area contributed by atoms with Gasteiger partial charge in [-0.2, -0.15) is 0 Å². The van der Waals surface area contributed by atoms with Gasteiger partial charge in [-0.25, -0.2) is 0 Å². The minimum Gasteiger partial charge on any atom is -0.399 e. The van der Waals surface area contributed by atoms with Gasteiger partial charge in [0.15, 0.2) is 0 Å². The van der Waals surface area contributed by atoms with Gasteiger partial charge in [0.25, 0.3) is 0 Å². The van der Waals surface area contributed by atoms with E-state index in [9.17, 15) is 0 Å². The van der Waals surface area contributed by atoms with Crippen LogP contribution >= 0.6 is 15.9 Å². The second kappa shape index (κ2) is 3.96. The van der Waals surface area contributed by atoms with Crippen molar-refractivity contribution in [2.24, 2.45) is 5.16 Å². The van der Waals surface area contributed by atoms with Crippen molar-refractivity contribution in [2.75, 3.05) is 7.11 Å². The van der Waals surface area contributed by atoms with Crippen molar-refractivity contribution in [3.05, 3.63) is 46.0 Å². The van der Waals surface area contributed by atoms with Gasteiger partial charge >= 0.3 is 0 Å². The minimum absolute atomic E-state index is 0.884. The Morgan fingerprint density at radius 2 is 2.29 bits per heavy atom. The molecular weight excluding hydrogens is 242 g/mol. The van der Waals surface area contributed by atoms with E-state index >= 15 is 0 Å². The van der Waals surface area contributed by atoms with Gasteiger partial charge in [-0.05, 0) is 30.2 Å². The molecule has 0 fully saturated rings. The molecule has 0 spiro atoms. The molecule has 0 saturated heterocycles. The molecule has 0 N–H and O–H groups in total. The molecular formula is C11H10BrNO. The molecule has 2 rings (SSSR count). The van der Waals surface area contributed by atoms with Gasteiger partial charge in [0.2, 0.25) is 0 Å². The van der Waals surface area contributed by atoms with Crippen LogP contribution in [0.1, 0.15) is 11.1 Å². The van der Waals surface area contributed by atoms with Crippen LogP contribution in [-0.4, -0.2) is 12.8 Å². The zero-order valence-electron chi connectivity index (χ0n) is 7.83. The second-order valence-electron chi connectivity index (χ2n) is 3.07. The first-order valence-electron chi connectivity index (χ1n) is 4.38. The van der Waals surface area contributed by atoms with Crippen molar-refractivity contribution >= 4 is 21.6 Å². The summed E-state index contributed by atoms with van der Waals surface area (Å²) in [4.78, 5) is 4.80. The summed E-state index contributed by atoms with van der Waals surface area (Å²) in [6.45, 7) is 0. The third-order valence-electron chi connectivity index (χ3n) is 2.15. The predicted molar refractivity (Wildman–Crippen MR) is 60.5 cm³/mol. The molecule has 0 amide bonds. The predicted octanol–water partition coefficient (Wildman–Crippen LogP) is 2.91. The van der Waals surface area contributed by atoms with Gasteiger partial charge in [-0.3, -0.25) is 0 Å². The number of allylic oxidation sites excluding steroid dienone is 2. The van der Waals surface area contributed by atoms with Gasteiger partial charge in [0, 0.05) is 10.0 Å². The van der Waals surface area contributed by atoms with E-state index in [1.807, 2.05) is 12.1 Å². The lowest BCUT2D eigenvalue weighted by atomic mass is 9.96. The first-order chi connectivity index (χ1) is 6.81. The summed E-state index contributed by atoms with van der Waals surface area (Å²) in [5.41, 5.74) is 3.31. The van der Waals surface area contributed by atoms with Gasteiger partial charge in [-0.15, -0.1) is 0 Å². The Morgan fingerprint density at radius 3 is 3.07 bits per heavy atom. The first kappa shape index (κ1) is 9.46. The normalized spacial score (nSPS) is 16.9. The van der Waals surface area contributed by atoms with Gasteiger partial charge in [0.1, 0.15) is 12.8 Å². The molecule has 72 valence electrons. The number of rotatable bonds is 1. The molecule has 3 heteroatoms. The van der Waals surface area contributed by atoms with Crippen LogP contribution in [0.15, 0.2) is 40.0 Å². The zero-order chi connectivity index (χ0) is 9.97. The smallest absolute Gasteiger partial charge is 0.110 e. The van der Waals surface area contributed by atoms with Crippen LogP contribution in [0.4, 0.5) is 0 Å². The highest BCUT2D eigenvalue weighted by Crippen LogP contribution is 2.21. The summed E-state index contributed by atoms with van der Waals surface area (Å²) in [6.07, 6.45) is 5.04. The number of hydrogen-bond donors (Lipinski definition) is 0. The minimum atomic E-state index is 0.884. The van der Waals surface area contributed by atoms with Crippen molar-refractivity contribution in [2.45, 2.75) is 6.42 Å². The highest BCUT2D eigenvalue weighted by atomic mass is 79.9. The SMILES string of the molecule is CON=C1C=CCc2ccc(Br)cc21. The molecule has 1 aromatic rings. The first-order valence-corrected chi connectivity index (χ1v) is 5.17. The molecule has 0 bridgehead atoms. The molecule has 0 aromatic heterocycles. The molecule has 1 aromatic carbocycles. The standard InChI is InChI=1S/C11H10BrNO/c1-14-13-11-4-2-3-8-5-6-9(12)7-10(8)11/h2,4-7H,3H2,1H3. The largest absolute Gasteiger partial charge is 0.399 e. The van der Waals surface area contributed by atoms with E-state index in [-0.39, 0.29) is 0 Å². The van der Waals surface area contributed by atoms with E-state index < -0.39 is 0 Å². The highest BCUT2D eigenvalue weighted by Gasteiger charge is 2.11. The summed E-state index contributed by atoms with van der Waals surface area (Å²) in [5.74, 6) is 0. The Labute approximate surface area is 91.4 Å².